The van der Waals surface area contributed by atoms with E-state index in [1.165, 1.54) is 27.5 Å². The average molecular weight is 581 g/mol. The summed E-state index contributed by atoms with van der Waals surface area (Å²) in [4.78, 5) is 0. The van der Waals surface area contributed by atoms with Crippen molar-refractivity contribution < 1.29 is 4.42 Å². The highest BCUT2D eigenvalue weighted by Gasteiger charge is 2.25. The predicted octanol–water partition coefficient (Wildman–Crippen LogP) is 9.58. The summed E-state index contributed by atoms with van der Waals surface area (Å²) >= 11 is 6.13. The van der Waals surface area contributed by atoms with Crippen molar-refractivity contribution in [2.75, 3.05) is 0 Å². The van der Waals surface area contributed by atoms with Crippen LogP contribution in [-0.2, 0) is 5.41 Å². The summed E-state index contributed by atoms with van der Waals surface area (Å²) in [6.07, 6.45) is 0. The largest absolute Gasteiger partial charge is 0.454 e. The molecule has 0 spiro atoms. The second kappa shape index (κ2) is 7.79. The second-order valence-electron chi connectivity index (χ2n) is 8.91. The van der Waals surface area contributed by atoms with Crippen LogP contribution in [0.3, 0.4) is 0 Å². The van der Waals surface area contributed by atoms with E-state index in [0.717, 1.165) is 30.3 Å². The molecular weight excluding hydrogens is 559 g/mol. The number of hydrogen-bond acceptors (Lipinski definition) is 1. The fourth-order valence-electron chi connectivity index (χ4n) is 4.23. The van der Waals surface area contributed by atoms with Crippen LogP contribution in [0.5, 0.6) is 0 Å². The van der Waals surface area contributed by atoms with Gasteiger partial charge in [0.25, 0.3) is 0 Å². The Morgan fingerprint density at radius 2 is 1.42 bits per heavy atom. The van der Waals surface area contributed by atoms with Crippen LogP contribution < -0.4 is 0 Å². The van der Waals surface area contributed by atoms with Crippen LogP contribution in [0.25, 0.3) is 44.2 Å². The maximum absolute atomic E-state index is 6.59. The fourth-order valence-corrected chi connectivity index (χ4v) is 5.17. The van der Waals surface area contributed by atoms with Gasteiger partial charge in [-0.1, -0.05) is 87.5 Å². The molecular formula is C28H22BrIO. The molecule has 1 nitrogen and oxygen atoms in total. The summed E-state index contributed by atoms with van der Waals surface area (Å²) < 4.78 is 8.79. The Hall–Kier alpha value is -2.11. The Morgan fingerprint density at radius 3 is 2.16 bits per heavy atom. The van der Waals surface area contributed by atoms with Crippen LogP contribution in [0.1, 0.15) is 26.3 Å². The monoisotopic (exact) mass is 580 g/mol. The molecule has 0 atom stereocenters. The van der Waals surface area contributed by atoms with Gasteiger partial charge in [-0.05, 0) is 78.3 Å². The SMILES string of the molecule is CC(C)(C)c1cc(Br)c(I)c2oc3c(-c4cccc(-c5ccccc5)c4)cccc3c12. The zero-order chi connectivity index (χ0) is 21.8. The smallest absolute Gasteiger partial charge is 0.150 e. The van der Waals surface area contributed by atoms with Gasteiger partial charge in [0, 0.05) is 20.8 Å². The number of hydrogen-bond donors (Lipinski definition) is 0. The lowest BCUT2D eigenvalue weighted by Gasteiger charge is -2.21. The Morgan fingerprint density at radius 1 is 0.742 bits per heavy atom. The van der Waals surface area contributed by atoms with Crippen molar-refractivity contribution >= 4 is 60.5 Å². The predicted molar refractivity (Wildman–Crippen MR) is 144 cm³/mol. The van der Waals surface area contributed by atoms with Crippen LogP contribution in [0.2, 0.25) is 0 Å². The standard InChI is InChI=1S/C28H22BrIO/c1-28(2,3)22-16-23(29)25(30)27-24(22)21-14-8-13-20(26(21)31-27)19-12-7-11-18(15-19)17-9-5-4-6-10-17/h4-16H,1-3H3. The highest BCUT2D eigenvalue weighted by molar-refractivity contribution is 14.1. The van der Waals surface area contributed by atoms with Crippen molar-refractivity contribution in [3.63, 3.8) is 0 Å². The Kier molecular flexibility index (Phi) is 5.22. The number of fused-ring (bicyclic) bond motifs is 3. The molecule has 1 aromatic heterocycles. The van der Waals surface area contributed by atoms with E-state index in [4.69, 9.17) is 4.42 Å². The van der Waals surface area contributed by atoms with Gasteiger partial charge in [-0.25, -0.2) is 0 Å². The van der Waals surface area contributed by atoms with Crippen molar-refractivity contribution in [2.45, 2.75) is 26.2 Å². The molecule has 0 aliphatic rings. The van der Waals surface area contributed by atoms with E-state index in [1.807, 2.05) is 0 Å². The fraction of sp³-hybridized carbons (Fsp3) is 0.143. The minimum Gasteiger partial charge on any atom is -0.454 e. The zero-order valence-electron chi connectivity index (χ0n) is 17.7. The first-order valence-electron chi connectivity index (χ1n) is 10.3. The van der Waals surface area contributed by atoms with Gasteiger partial charge in [0.2, 0.25) is 0 Å². The first-order valence-corrected chi connectivity index (χ1v) is 12.2. The first-order chi connectivity index (χ1) is 14.8. The number of rotatable bonds is 2. The molecule has 0 unspecified atom stereocenters. The summed E-state index contributed by atoms with van der Waals surface area (Å²) in [7, 11) is 0. The molecule has 154 valence electrons. The van der Waals surface area contributed by atoms with Crippen LogP contribution >= 0.6 is 38.5 Å². The van der Waals surface area contributed by atoms with Crippen LogP contribution in [0.4, 0.5) is 0 Å². The zero-order valence-corrected chi connectivity index (χ0v) is 21.4. The summed E-state index contributed by atoms with van der Waals surface area (Å²) in [5.41, 5.74) is 7.92. The lowest BCUT2D eigenvalue weighted by Crippen LogP contribution is -2.11. The van der Waals surface area contributed by atoms with Gasteiger partial charge in [-0.2, -0.15) is 0 Å². The molecule has 0 fully saturated rings. The molecule has 5 rings (SSSR count). The van der Waals surface area contributed by atoms with Crippen molar-refractivity contribution in [3.8, 4) is 22.3 Å². The van der Waals surface area contributed by atoms with Gasteiger partial charge in [0.05, 0.1) is 3.57 Å². The van der Waals surface area contributed by atoms with Crippen molar-refractivity contribution in [3.05, 3.63) is 92.5 Å². The summed E-state index contributed by atoms with van der Waals surface area (Å²) in [5, 5.41) is 2.39. The molecule has 0 amide bonds. The van der Waals surface area contributed by atoms with E-state index in [2.05, 4.69) is 138 Å². The van der Waals surface area contributed by atoms with Gasteiger partial charge in [0.15, 0.2) is 0 Å². The average Bonchev–Trinajstić information content (AvgIpc) is 3.16. The molecule has 0 aliphatic heterocycles. The van der Waals surface area contributed by atoms with Crippen molar-refractivity contribution in [2.24, 2.45) is 0 Å². The lowest BCUT2D eigenvalue weighted by atomic mass is 9.84. The highest BCUT2D eigenvalue weighted by atomic mass is 127. The Balaban J connectivity index is 1.80. The van der Waals surface area contributed by atoms with Crippen molar-refractivity contribution in [1.29, 1.82) is 0 Å². The van der Waals surface area contributed by atoms with Crippen LogP contribution in [-0.4, -0.2) is 0 Å². The molecule has 0 saturated carbocycles. The van der Waals surface area contributed by atoms with E-state index in [0.29, 0.717) is 0 Å². The topological polar surface area (TPSA) is 13.1 Å². The molecule has 0 aliphatic carbocycles. The highest BCUT2D eigenvalue weighted by Crippen LogP contribution is 2.44. The third-order valence-electron chi connectivity index (χ3n) is 5.75. The molecule has 0 bridgehead atoms. The molecule has 3 heteroatoms. The maximum Gasteiger partial charge on any atom is 0.150 e. The summed E-state index contributed by atoms with van der Waals surface area (Å²) in [6, 6.07) is 28.0. The van der Waals surface area contributed by atoms with E-state index >= 15 is 0 Å². The van der Waals surface area contributed by atoms with Gasteiger partial charge in [-0.15, -0.1) is 0 Å². The van der Waals surface area contributed by atoms with E-state index in [9.17, 15) is 0 Å². The second-order valence-corrected chi connectivity index (χ2v) is 10.8. The minimum absolute atomic E-state index is 0.00510. The molecule has 0 radical (unpaired) electrons. The van der Waals surface area contributed by atoms with E-state index in [-0.39, 0.29) is 5.41 Å². The molecule has 4 aromatic carbocycles. The number of para-hydroxylation sites is 1. The van der Waals surface area contributed by atoms with Gasteiger partial charge in [-0.3, -0.25) is 0 Å². The Labute approximate surface area is 204 Å². The molecule has 5 aromatic rings. The molecule has 31 heavy (non-hydrogen) atoms. The van der Waals surface area contributed by atoms with E-state index in [1.54, 1.807) is 0 Å². The summed E-state index contributed by atoms with van der Waals surface area (Å²) in [5.74, 6) is 0. The first kappa shape index (κ1) is 20.8. The number of benzene rings is 4. The van der Waals surface area contributed by atoms with E-state index < -0.39 is 0 Å². The quantitative estimate of drug-likeness (QED) is 0.189. The van der Waals surface area contributed by atoms with Crippen LogP contribution in [0.15, 0.2) is 87.8 Å². The number of halogens is 2. The molecule has 1 heterocycles. The molecule has 0 N–H and O–H groups in total. The number of furan rings is 1. The van der Waals surface area contributed by atoms with Gasteiger partial charge in [0.1, 0.15) is 11.2 Å². The third-order valence-corrected chi connectivity index (χ3v) is 8.19. The van der Waals surface area contributed by atoms with Crippen LogP contribution in [0, 0.1) is 3.57 Å². The minimum atomic E-state index is 0.00510. The Bertz CT molecular complexity index is 1420. The van der Waals surface area contributed by atoms with Gasteiger partial charge >= 0.3 is 0 Å². The third kappa shape index (κ3) is 3.62. The lowest BCUT2D eigenvalue weighted by molar-refractivity contribution is 0.594. The normalized spacial score (nSPS) is 12.0. The maximum atomic E-state index is 6.59. The summed E-state index contributed by atoms with van der Waals surface area (Å²) in [6.45, 7) is 6.77. The molecule has 0 saturated heterocycles. The van der Waals surface area contributed by atoms with Crippen molar-refractivity contribution in [1.82, 2.24) is 0 Å². The van der Waals surface area contributed by atoms with Gasteiger partial charge < -0.3 is 4.42 Å².